The zero-order chi connectivity index (χ0) is 21.8. The van der Waals surface area contributed by atoms with Crippen molar-refractivity contribution in [3.05, 3.63) is 114 Å². The van der Waals surface area contributed by atoms with Crippen LogP contribution in [0, 0.1) is 0 Å². The summed E-state index contributed by atoms with van der Waals surface area (Å²) in [4.78, 5) is 8.49. The van der Waals surface area contributed by atoms with Gasteiger partial charge in [0, 0.05) is 22.8 Å². The summed E-state index contributed by atoms with van der Waals surface area (Å²) in [7, 11) is 0. The Bertz CT molecular complexity index is 1330. The number of rotatable bonds is 6. The van der Waals surface area contributed by atoms with Crippen molar-refractivity contribution < 1.29 is 10.7 Å². The number of pyridine rings is 2. The first kappa shape index (κ1) is 19.9. The number of H-pyrrole nitrogens is 1. The predicted molar refractivity (Wildman–Crippen MR) is 130 cm³/mol. The van der Waals surface area contributed by atoms with Crippen LogP contribution in [0.1, 0.15) is 11.1 Å². The zero-order valence-electron chi connectivity index (χ0n) is 17.9. The van der Waals surface area contributed by atoms with Crippen molar-refractivity contribution in [3.63, 3.8) is 0 Å². The minimum atomic E-state index is 0.741. The van der Waals surface area contributed by atoms with Crippen LogP contribution in [0.4, 0.5) is 5.82 Å². The average molecular weight is 419 g/mol. The fraction of sp³-hybridized carbons (Fsp3) is 0.0714. The highest BCUT2D eigenvalue weighted by Crippen LogP contribution is 2.34. The van der Waals surface area contributed by atoms with Gasteiger partial charge in [0.05, 0.1) is 29.3 Å². The molecule has 5 N–H and O–H groups in total. The quantitative estimate of drug-likeness (QED) is 0.418. The lowest BCUT2D eigenvalue weighted by molar-refractivity contribution is -0.386. The molecule has 0 amide bonds. The third-order valence-corrected chi connectivity index (χ3v) is 5.70. The number of benzene rings is 3. The maximum Gasteiger partial charge on any atom is 0.282 e. The van der Waals surface area contributed by atoms with Crippen molar-refractivity contribution >= 4 is 16.7 Å². The van der Waals surface area contributed by atoms with Gasteiger partial charge in [-0.25, -0.2) is 9.97 Å². The van der Waals surface area contributed by atoms with Gasteiger partial charge in [0.25, 0.3) is 5.82 Å². The Morgan fingerprint density at radius 3 is 2.19 bits per heavy atom. The number of aromatic amines is 1. The topological polar surface area (TPSA) is 66.7 Å². The minimum absolute atomic E-state index is 0.741. The van der Waals surface area contributed by atoms with Crippen LogP contribution in [-0.4, -0.2) is 4.98 Å². The molecule has 0 saturated carbocycles. The maximum atomic E-state index is 5.12. The molecule has 3 aromatic carbocycles. The molecule has 0 atom stereocenters. The number of aromatic nitrogens is 2. The summed E-state index contributed by atoms with van der Waals surface area (Å²) in [5, 5.41) is 4.62. The highest BCUT2D eigenvalue weighted by Gasteiger charge is 2.16. The Labute approximate surface area is 187 Å². The number of nitrogens with one attached hydrogen (secondary N) is 2. The average Bonchev–Trinajstić information content (AvgIpc) is 2.88. The van der Waals surface area contributed by atoms with Gasteiger partial charge in [-0.05, 0) is 17.2 Å². The molecular formula is C28H26N4+2. The molecule has 2 aromatic heterocycles. The smallest absolute Gasteiger partial charge is 0.282 e. The van der Waals surface area contributed by atoms with Crippen molar-refractivity contribution in [2.45, 2.75) is 13.1 Å². The van der Waals surface area contributed by atoms with Gasteiger partial charge in [-0.1, -0.05) is 84.9 Å². The van der Waals surface area contributed by atoms with Crippen LogP contribution in [-0.2, 0) is 13.1 Å². The molecule has 5 aromatic rings. The number of hydrogen-bond donors (Lipinski definition) is 2. The first-order valence-electron chi connectivity index (χ1n) is 10.9. The normalized spacial score (nSPS) is 10.9. The first-order valence-corrected chi connectivity index (χ1v) is 10.9. The predicted octanol–water partition coefficient (Wildman–Crippen LogP) is 4.74. The Hall–Kier alpha value is -4.02. The van der Waals surface area contributed by atoms with Crippen molar-refractivity contribution in [1.82, 2.24) is 4.98 Å². The monoisotopic (exact) mass is 418 g/mol. The Morgan fingerprint density at radius 2 is 1.47 bits per heavy atom. The molecular weight excluding hydrogens is 392 g/mol. The molecule has 0 fully saturated rings. The Kier molecular flexibility index (Phi) is 5.60. The summed E-state index contributed by atoms with van der Waals surface area (Å²) >= 11 is 0. The minimum Gasteiger partial charge on any atom is -0.354 e. The lowest BCUT2D eigenvalue weighted by Crippen LogP contribution is -2.47. The molecule has 4 nitrogen and oxygen atoms in total. The van der Waals surface area contributed by atoms with Crippen molar-refractivity contribution in [2.75, 3.05) is 5.32 Å². The van der Waals surface area contributed by atoms with Crippen LogP contribution in [0.15, 0.2) is 103 Å². The SMILES string of the molecule is [NH3+]Cc1ccc(-c2nc3cc[nH+]c(NCc4ccccc4)c3cc2-c2ccccc2)cc1. The van der Waals surface area contributed by atoms with Gasteiger partial charge in [0.2, 0.25) is 0 Å². The maximum absolute atomic E-state index is 5.12. The summed E-state index contributed by atoms with van der Waals surface area (Å²) in [6.07, 6.45) is 1.94. The fourth-order valence-electron chi connectivity index (χ4n) is 3.96. The van der Waals surface area contributed by atoms with Crippen molar-refractivity contribution in [2.24, 2.45) is 0 Å². The van der Waals surface area contributed by atoms with Gasteiger partial charge in [-0.15, -0.1) is 0 Å². The molecule has 0 aliphatic heterocycles. The van der Waals surface area contributed by atoms with E-state index in [2.05, 4.69) is 94.9 Å². The lowest BCUT2D eigenvalue weighted by atomic mass is 9.97. The molecule has 5 rings (SSSR count). The summed E-state index contributed by atoms with van der Waals surface area (Å²) in [6.45, 7) is 1.52. The standard InChI is InChI=1S/C28H24N4/c29-18-20-11-13-23(14-12-20)27-24(22-9-5-2-6-10-22)17-25-26(32-27)15-16-30-28(25)31-19-21-7-3-1-4-8-21/h1-17H,18-19,29H2,(H,30,31)/p+2. The second kappa shape index (κ2) is 9.00. The summed E-state index contributed by atoms with van der Waals surface area (Å²) < 4.78 is 0. The van der Waals surface area contributed by atoms with E-state index in [0.717, 1.165) is 52.2 Å². The number of nitrogens with zero attached hydrogens (tertiary/aromatic N) is 1. The molecule has 0 spiro atoms. The van der Waals surface area contributed by atoms with Gasteiger partial charge < -0.3 is 5.73 Å². The van der Waals surface area contributed by atoms with E-state index in [1.807, 2.05) is 24.4 Å². The highest BCUT2D eigenvalue weighted by atomic mass is 15.0. The third kappa shape index (κ3) is 4.09. The number of quaternary nitrogens is 1. The number of fused-ring (bicyclic) bond motifs is 1. The lowest BCUT2D eigenvalue weighted by Gasteiger charge is -2.12. The van der Waals surface area contributed by atoms with Crippen LogP contribution in [0.25, 0.3) is 33.3 Å². The molecule has 0 saturated heterocycles. The Balaban J connectivity index is 1.63. The fourth-order valence-corrected chi connectivity index (χ4v) is 3.96. The first-order chi connectivity index (χ1) is 15.8. The van der Waals surface area contributed by atoms with Crippen molar-refractivity contribution in [1.29, 1.82) is 0 Å². The zero-order valence-corrected chi connectivity index (χ0v) is 17.9. The van der Waals surface area contributed by atoms with Gasteiger partial charge in [-0.2, -0.15) is 0 Å². The Morgan fingerprint density at radius 1 is 0.750 bits per heavy atom. The van der Waals surface area contributed by atoms with E-state index >= 15 is 0 Å². The van der Waals surface area contributed by atoms with Gasteiger partial charge >= 0.3 is 0 Å². The van der Waals surface area contributed by atoms with E-state index in [1.165, 1.54) is 11.1 Å². The molecule has 0 radical (unpaired) electrons. The third-order valence-electron chi connectivity index (χ3n) is 5.70. The van der Waals surface area contributed by atoms with Crippen LogP contribution in [0.2, 0.25) is 0 Å². The second-order valence-corrected chi connectivity index (χ2v) is 7.82. The number of anilines is 1. The highest BCUT2D eigenvalue weighted by molar-refractivity contribution is 5.95. The summed E-state index contributed by atoms with van der Waals surface area (Å²) in [6, 6.07) is 33.7. The molecule has 0 unspecified atom stereocenters. The van der Waals surface area contributed by atoms with E-state index < -0.39 is 0 Å². The number of hydrogen-bond acceptors (Lipinski definition) is 2. The summed E-state index contributed by atoms with van der Waals surface area (Å²) in [5.74, 6) is 0.968. The molecule has 0 bridgehead atoms. The summed E-state index contributed by atoms with van der Waals surface area (Å²) in [5.41, 5.74) is 11.7. The van der Waals surface area contributed by atoms with Gasteiger partial charge in [0.15, 0.2) is 0 Å². The van der Waals surface area contributed by atoms with E-state index in [4.69, 9.17) is 4.98 Å². The molecule has 4 heteroatoms. The van der Waals surface area contributed by atoms with E-state index in [-0.39, 0.29) is 0 Å². The second-order valence-electron chi connectivity index (χ2n) is 7.82. The van der Waals surface area contributed by atoms with Crippen LogP contribution >= 0.6 is 0 Å². The van der Waals surface area contributed by atoms with Gasteiger partial charge in [-0.3, -0.25) is 5.32 Å². The van der Waals surface area contributed by atoms with E-state index in [9.17, 15) is 0 Å². The van der Waals surface area contributed by atoms with Crippen LogP contribution in [0.3, 0.4) is 0 Å². The van der Waals surface area contributed by atoms with Crippen molar-refractivity contribution in [3.8, 4) is 22.4 Å². The molecule has 0 aliphatic carbocycles. The van der Waals surface area contributed by atoms with Crippen LogP contribution < -0.4 is 16.0 Å². The van der Waals surface area contributed by atoms with E-state index in [1.54, 1.807) is 0 Å². The molecule has 32 heavy (non-hydrogen) atoms. The van der Waals surface area contributed by atoms with E-state index in [0.29, 0.717) is 0 Å². The molecule has 156 valence electrons. The molecule has 0 aliphatic rings. The van der Waals surface area contributed by atoms with Crippen LogP contribution in [0.5, 0.6) is 0 Å². The van der Waals surface area contributed by atoms with Gasteiger partial charge in [0.1, 0.15) is 6.54 Å². The molecule has 2 heterocycles. The largest absolute Gasteiger partial charge is 0.354 e.